The smallest absolute Gasteiger partial charge is 0.387 e. The van der Waals surface area contributed by atoms with Crippen LogP contribution in [-0.2, 0) is 0 Å². The van der Waals surface area contributed by atoms with Gasteiger partial charge in [0.25, 0.3) is 5.91 Å². The summed E-state index contributed by atoms with van der Waals surface area (Å²) in [5.41, 5.74) is 2.33. The first-order valence-corrected chi connectivity index (χ1v) is 8.46. The molecule has 2 bridgehead atoms. The molecule has 2 unspecified atom stereocenters. The highest BCUT2D eigenvalue weighted by Gasteiger charge is 2.42. The minimum atomic E-state index is -2.97. The van der Waals surface area contributed by atoms with Gasteiger partial charge in [-0.05, 0) is 36.8 Å². The topological polar surface area (TPSA) is 56.1 Å². The lowest BCUT2D eigenvalue weighted by molar-refractivity contribution is -0.0507. The van der Waals surface area contributed by atoms with Crippen molar-refractivity contribution in [1.29, 1.82) is 0 Å². The predicted molar refractivity (Wildman–Crippen MR) is 90.8 cm³/mol. The number of hydrogen-bond donors (Lipinski definition) is 1. The molecule has 3 aromatic rings. The van der Waals surface area contributed by atoms with Crippen LogP contribution >= 0.6 is 11.6 Å². The van der Waals surface area contributed by atoms with Gasteiger partial charge in [-0.1, -0.05) is 17.7 Å². The van der Waals surface area contributed by atoms with Gasteiger partial charge in [-0.15, -0.1) is 0 Å². The Bertz CT molecular complexity index is 1070. The summed E-state index contributed by atoms with van der Waals surface area (Å²) in [6.45, 7) is -2.97. The quantitative estimate of drug-likeness (QED) is 0.734. The van der Waals surface area contributed by atoms with Gasteiger partial charge in [0.15, 0.2) is 0 Å². The van der Waals surface area contributed by atoms with Crippen molar-refractivity contribution in [2.24, 2.45) is 0 Å². The van der Waals surface area contributed by atoms with E-state index in [4.69, 9.17) is 16.3 Å². The molecule has 0 aliphatic carbocycles. The van der Waals surface area contributed by atoms with Gasteiger partial charge in [0, 0.05) is 16.1 Å². The first-order chi connectivity index (χ1) is 12.5. The second-order valence-corrected chi connectivity index (χ2v) is 6.78. The zero-order chi connectivity index (χ0) is 18.0. The highest BCUT2D eigenvalue weighted by Crippen LogP contribution is 2.47. The fourth-order valence-electron chi connectivity index (χ4n) is 3.98. The second kappa shape index (κ2) is 5.41. The predicted octanol–water partition coefficient (Wildman–Crippen LogP) is 4.07. The van der Waals surface area contributed by atoms with Gasteiger partial charge in [0.1, 0.15) is 11.6 Å². The molecule has 0 radical (unpaired) electrons. The van der Waals surface area contributed by atoms with Crippen LogP contribution in [0.3, 0.4) is 0 Å². The molecule has 3 heterocycles. The maximum Gasteiger partial charge on any atom is 0.387 e. The third-order valence-electron chi connectivity index (χ3n) is 4.93. The Hall–Kier alpha value is -2.67. The molecule has 0 fully saturated rings. The summed E-state index contributed by atoms with van der Waals surface area (Å²) < 4.78 is 32.5. The van der Waals surface area contributed by atoms with Gasteiger partial charge < -0.3 is 14.6 Å². The molecule has 2 aliphatic heterocycles. The Kier molecular flexibility index (Phi) is 3.24. The summed E-state index contributed by atoms with van der Waals surface area (Å²) in [6.07, 6.45) is 0.521. The molecule has 2 aromatic carbocycles. The van der Waals surface area contributed by atoms with E-state index >= 15 is 0 Å². The van der Waals surface area contributed by atoms with Gasteiger partial charge >= 0.3 is 6.61 Å². The number of nitrogens with one attached hydrogen (secondary N) is 1. The Morgan fingerprint density at radius 3 is 2.96 bits per heavy atom. The minimum Gasteiger partial charge on any atom is -0.434 e. The average molecular weight is 376 g/mol. The molecule has 2 atom stereocenters. The molecule has 5 nitrogen and oxygen atoms in total. The number of carbonyl (C=O) groups excluding carboxylic acids is 1. The number of ether oxygens (including phenoxy) is 1. The summed E-state index contributed by atoms with van der Waals surface area (Å²) in [5.74, 6) is 0.386. The first-order valence-electron chi connectivity index (χ1n) is 8.09. The molecule has 0 saturated heterocycles. The van der Waals surface area contributed by atoms with E-state index in [1.807, 2.05) is 4.57 Å². The van der Waals surface area contributed by atoms with Gasteiger partial charge in [-0.25, -0.2) is 4.98 Å². The lowest BCUT2D eigenvalue weighted by Crippen LogP contribution is -2.28. The molecule has 1 N–H and O–H groups in total. The highest BCUT2D eigenvalue weighted by molar-refractivity contribution is 6.31. The van der Waals surface area contributed by atoms with Crippen LogP contribution < -0.4 is 10.1 Å². The number of carbonyl (C=O) groups is 1. The number of halogens is 3. The summed E-state index contributed by atoms with van der Waals surface area (Å²) >= 11 is 6.14. The minimum absolute atomic E-state index is 0.00929. The zero-order valence-corrected chi connectivity index (χ0v) is 14.0. The number of amides is 1. The Labute approximate surface area is 151 Å². The molecular weight excluding hydrogens is 364 g/mol. The standard InChI is InChI=1S/C18H12ClF2N3O2/c19-8-4-5-10-12(6-8)24-13-7-11(16(24)22-10)23-17(25)9-2-1-3-14(15(9)13)26-18(20)21/h1-6,11,13,18H,7H2,(H,23,25). The molecule has 26 heavy (non-hydrogen) atoms. The van der Waals surface area contributed by atoms with Crippen LogP contribution in [-0.4, -0.2) is 22.1 Å². The first kappa shape index (κ1) is 15.6. The molecule has 2 aliphatic rings. The third kappa shape index (κ3) is 2.13. The number of aromatic nitrogens is 2. The summed E-state index contributed by atoms with van der Waals surface area (Å²) in [5, 5.41) is 3.50. The summed E-state index contributed by atoms with van der Waals surface area (Å²) in [7, 11) is 0. The molecule has 132 valence electrons. The average Bonchev–Trinajstić information content (AvgIpc) is 3.07. The monoisotopic (exact) mass is 375 g/mol. The van der Waals surface area contributed by atoms with E-state index in [-0.39, 0.29) is 23.7 Å². The van der Waals surface area contributed by atoms with E-state index in [0.29, 0.717) is 28.4 Å². The van der Waals surface area contributed by atoms with Crippen molar-refractivity contribution in [2.75, 3.05) is 0 Å². The molecule has 1 aromatic heterocycles. The lowest BCUT2D eigenvalue weighted by atomic mass is 9.97. The highest BCUT2D eigenvalue weighted by atomic mass is 35.5. The fraction of sp³-hybridized carbons (Fsp3) is 0.222. The lowest BCUT2D eigenvalue weighted by Gasteiger charge is -2.21. The van der Waals surface area contributed by atoms with E-state index in [2.05, 4.69) is 10.3 Å². The van der Waals surface area contributed by atoms with E-state index in [9.17, 15) is 13.6 Å². The van der Waals surface area contributed by atoms with Crippen LogP contribution in [0.25, 0.3) is 11.0 Å². The SMILES string of the molecule is O=C1NC2CC(c3c(OC(F)F)cccc31)n1c2nc2ccc(Cl)cc21. The van der Waals surface area contributed by atoms with Crippen LogP contribution in [0.4, 0.5) is 8.78 Å². The van der Waals surface area contributed by atoms with Gasteiger partial charge in [-0.2, -0.15) is 8.78 Å². The number of fused-ring (bicyclic) bond motifs is 9. The molecule has 1 amide bonds. The largest absolute Gasteiger partial charge is 0.434 e. The Balaban J connectivity index is 1.79. The Morgan fingerprint density at radius 1 is 1.31 bits per heavy atom. The maximum absolute atomic E-state index is 12.9. The van der Waals surface area contributed by atoms with E-state index < -0.39 is 6.61 Å². The normalized spacial score (nSPS) is 20.7. The van der Waals surface area contributed by atoms with Gasteiger partial charge in [0.2, 0.25) is 0 Å². The van der Waals surface area contributed by atoms with Gasteiger partial charge in [-0.3, -0.25) is 4.79 Å². The number of nitrogens with zero attached hydrogens (tertiary/aromatic N) is 2. The van der Waals surface area contributed by atoms with Crippen LogP contribution in [0.5, 0.6) is 5.75 Å². The third-order valence-corrected chi connectivity index (χ3v) is 5.16. The molecule has 8 heteroatoms. The zero-order valence-electron chi connectivity index (χ0n) is 13.2. The van der Waals surface area contributed by atoms with Crippen LogP contribution in [0.2, 0.25) is 5.02 Å². The van der Waals surface area contributed by atoms with E-state index in [0.717, 1.165) is 11.0 Å². The Morgan fingerprint density at radius 2 is 2.15 bits per heavy atom. The van der Waals surface area contributed by atoms with Crippen molar-refractivity contribution in [3.05, 3.63) is 58.4 Å². The van der Waals surface area contributed by atoms with E-state index in [1.54, 1.807) is 30.3 Å². The molecule has 5 rings (SSSR count). The number of hydrogen-bond acceptors (Lipinski definition) is 3. The number of alkyl halides is 2. The van der Waals surface area contributed by atoms with Crippen LogP contribution in [0.1, 0.15) is 40.3 Å². The van der Waals surface area contributed by atoms with Crippen LogP contribution in [0, 0.1) is 0 Å². The van der Waals surface area contributed by atoms with Crippen molar-refractivity contribution in [1.82, 2.24) is 14.9 Å². The number of imidazole rings is 1. The second-order valence-electron chi connectivity index (χ2n) is 6.35. The van der Waals surface area contributed by atoms with Crippen molar-refractivity contribution in [3.63, 3.8) is 0 Å². The van der Waals surface area contributed by atoms with E-state index in [1.165, 1.54) is 6.07 Å². The molecule has 0 spiro atoms. The van der Waals surface area contributed by atoms with Crippen molar-refractivity contribution >= 4 is 28.5 Å². The van der Waals surface area contributed by atoms with Crippen LogP contribution in [0.15, 0.2) is 36.4 Å². The molecule has 0 saturated carbocycles. The van der Waals surface area contributed by atoms with Crippen molar-refractivity contribution in [2.45, 2.75) is 25.1 Å². The number of rotatable bonds is 2. The van der Waals surface area contributed by atoms with Gasteiger partial charge in [0.05, 0.1) is 23.1 Å². The summed E-state index contributed by atoms with van der Waals surface area (Å²) in [6, 6.07) is 9.32. The number of benzene rings is 2. The summed E-state index contributed by atoms with van der Waals surface area (Å²) in [4.78, 5) is 17.2. The van der Waals surface area contributed by atoms with Crippen molar-refractivity contribution < 1.29 is 18.3 Å². The fourth-order valence-corrected chi connectivity index (χ4v) is 4.15. The van der Waals surface area contributed by atoms with Crippen molar-refractivity contribution in [3.8, 4) is 5.75 Å². The molecular formula is C18H12ClF2N3O2. The maximum atomic E-state index is 12.9.